The molecule has 0 bridgehead atoms. The molecule has 1 fully saturated rings. The van der Waals surface area contributed by atoms with Crippen LogP contribution in [0.2, 0.25) is 0 Å². The van der Waals surface area contributed by atoms with E-state index in [0.717, 1.165) is 70.8 Å². The number of nitrogens with zero attached hydrogens (tertiary/aromatic N) is 1. The average Bonchev–Trinajstić information content (AvgIpc) is 3.00. The van der Waals surface area contributed by atoms with Crippen LogP contribution in [0.5, 0.6) is 0 Å². The Bertz CT molecular complexity index is 623. The summed E-state index contributed by atoms with van der Waals surface area (Å²) >= 11 is 0. The molecule has 0 spiro atoms. The number of carbonyl (C=O) groups is 4. The van der Waals surface area contributed by atoms with Crippen molar-refractivity contribution in [1.29, 1.82) is 0 Å². The number of hydrogen-bond donors (Lipinski definition) is 3. The quantitative estimate of drug-likeness (QED) is 0.177. The highest BCUT2D eigenvalue weighted by Gasteiger charge is 2.40. The molecule has 1 heterocycles. The molecule has 1 rings (SSSR count). The number of hydrogen-bond acceptors (Lipinski definition) is 6. The van der Waals surface area contributed by atoms with E-state index in [2.05, 4.69) is 29.7 Å². The van der Waals surface area contributed by atoms with Crippen LogP contribution in [0.15, 0.2) is 12.2 Å². The van der Waals surface area contributed by atoms with Gasteiger partial charge in [0.2, 0.25) is 0 Å². The first-order valence-electron chi connectivity index (χ1n) is 11.9. The molecule has 0 saturated carbocycles. The van der Waals surface area contributed by atoms with E-state index >= 15 is 0 Å². The number of urea groups is 1. The van der Waals surface area contributed by atoms with Crippen LogP contribution in [0.4, 0.5) is 4.79 Å². The van der Waals surface area contributed by atoms with Crippen LogP contribution in [-0.2, 0) is 19.2 Å². The summed E-state index contributed by atoms with van der Waals surface area (Å²) in [6.45, 7) is 3.56. The van der Waals surface area contributed by atoms with Gasteiger partial charge in [0.05, 0.1) is 6.42 Å². The van der Waals surface area contributed by atoms with Crippen molar-refractivity contribution in [1.82, 2.24) is 15.7 Å². The minimum Gasteiger partial charge on any atom is -0.383 e. The fourth-order valence-electron chi connectivity index (χ4n) is 3.19. The number of imide groups is 1. The lowest BCUT2D eigenvalue weighted by Gasteiger charge is -2.12. The minimum absolute atomic E-state index is 0.0817. The maximum Gasteiger partial charge on any atom is 0.333 e. The molecule has 1 atom stereocenters. The number of rotatable bonds is 17. The van der Waals surface area contributed by atoms with Gasteiger partial charge in [-0.1, -0.05) is 49.8 Å². The van der Waals surface area contributed by atoms with Crippen LogP contribution >= 0.6 is 0 Å². The van der Waals surface area contributed by atoms with E-state index in [-0.39, 0.29) is 18.9 Å². The maximum absolute atomic E-state index is 11.7. The number of nitrogens with one attached hydrogen (secondary N) is 2. The molecule has 0 aromatic rings. The number of hydroxylamine groups is 2. The molecule has 1 aliphatic heterocycles. The van der Waals surface area contributed by atoms with Gasteiger partial charge in [0.1, 0.15) is 6.10 Å². The highest BCUT2D eigenvalue weighted by Crippen LogP contribution is 2.15. The number of unbranched alkanes of at least 4 members (excludes halogenated alkanes) is 8. The van der Waals surface area contributed by atoms with Crippen molar-refractivity contribution < 1.29 is 29.1 Å². The van der Waals surface area contributed by atoms with E-state index in [1.165, 1.54) is 0 Å². The molecular weight excluding hydrogens is 414 g/mol. The molecule has 32 heavy (non-hydrogen) atoms. The van der Waals surface area contributed by atoms with Crippen LogP contribution in [0.1, 0.15) is 90.4 Å². The lowest BCUT2D eigenvalue weighted by atomic mass is 10.1. The van der Waals surface area contributed by atoms with Gasteiger partial charge in [0, 0.05) is 19.5 Å². The number of amides is 4. The fraction of sp³-hybridized carbons (Fsp3) is 0.739. The molecule has 9 nitrogen and oxygen atoms in total. The standard InChI is InChI=1S/C23H39N3O6/c1-2-3-13-16-24-23(31)25-17-14-11-9-7-5-4-6-8-10-12-15-21(29)32-26-20(28)18-19(27)22(26)30/h5,7,19,27H,2-4,6,8-18H2,1H3,(H2,24,25,31)/b7-5-. The lowest BCUT2D eigenvalue weighted by Crippen LogP contribution is -2.36. The molecule has 182 valence electrons. The van der Waals surface area contributed by atoms with E-state index in [4.69, 9.17) is 4.84 Å². The summed E-state index contributed by atoms with van der Waals surface area (Å²) in [6, 6.07) is -0.0817. The molecule has 4 amide bonds. The first-order chi connectivity index (χ1) is 15.5. The average molecular weight is 454 g/mol. The van der Waals surface area contributed by atoms with E-state index < -0.39 is 23.9 Å². The van der Waals surface area contributed by atoms with Crippen LogP contribution in [0, 0.1) is 0 Å². The van der Waals surface area contributed by atoms with Crippen molar-refractivity contribution in [3.05, 3.63) is 12.2 Å². The summed E-state index contributed by atoms with van der Waals surface area (Å²) < 4.78 is 0. The Balaban J connectivity index is 1.89. The van der Waals surface area contributed by atoms with Gasteiger partial charge in [0.25, 0.3) is 11.8 Å². The number of carbonyl (C=O) groups excluding carboxylic acids is 4. The van der Waals surface area contributed by atoms with Crippen molar-refractivity contribution >= 4 is 23.8 Å². The first kappa shape index (κ1) is 27.6. The van der Waals surface area contributed by atoms with Crippen molar-refractivity contribution in [2.24, 2.45) is 0 Å². The van der Waals surface area contributed by atoms with Gasteiger partial charge in [-0.05, 0) is 44.9 Å². The molecule has 0 aromatic heterocycles. The fourth-order valence-corrected chi connectivity index (χ4v) is 3.19. The highest BCUT2D eigenvalue weighted by atomic mass is 16.7. The molecule has 0 aromatic carbocycles. The molecular formula is C23H39N3O6. The van der Waals surface area contributed by atoms with Crippen molar-refractivity contribution in [3.63, 3.8) is 0 Å². The van der Waals surface area contributed by atoms with Crippen molar-refractivity contribution in [2.45, 2.75) is 96.5 Å². The second kappa shape index (κ2) is 17.2. The summed E-state index contributed by atoms with van der Waals surface area (Å²) in [5, 5.41) is 15.4. The monoisotopic (exact) mass is 453 g/mol. The molecule has 1 aliphatic rings. The second-order valence-corrected chi connectivity index (χ2v) is 8.02. The minimum atomic E-state index is -1.41. The van der Waals surface area contributed by atoms with Gasteiger partial charge in [-0.2, -0.15) is 0 Å². The molecule has 1 saturated heterocycles. The number of aliphatic hydroxyl groups is 1. The van der Waals surface area contributed by atoms with Crippen LogP contribution < -0.4 is 10.6 Å². The normalized spacial score (nSPS) is 16.1. The highest BCUT2D eigenvalue weighted by molar-refractivity contribution is 6.04. The van der Waals surface area contributed by atoms with Crippen molar-refractivity contribution in [2.75, 3.05) is 13.1 Å². The molecule has 9 heteroatoms. The molecule has 3 N–H and O–H groups in total. The first-order valence-corrected chi connectivity index (χ1v) is 11.9. The van der Waals surface area contributed by atoms with E-state index in [1.54, 1.807) is 0 Å². The smallest absolute Gasteiger partial charge is 0.333 e. The van der Waals surface area contributed by atoms with Gasteiger partial charge in [0.15, 0.2) is 0 Å². The van der Waals surface area contributed by atoms with E-state index in [0.29, 0.717) is 18.0 Å². The maximum atomic E-state index is 11.7. The number of allylic oxidation sites excluding steroid dienone is 2. The van der Waals surface area contributed by atoms with Crippen molar-refractivity contribution in [3.8, 4) is 0 Å². The zero-order valence-electron chi connectivity index (χ0n) is 19.3. The van der Waals surface area contributed by atoms with Gasteiger partial charge < -0.3 is 20.6 Å². The summed E-state index contributed by atoms with van der Waals surface area (Å²) in [5.74, 6) is -2.21. The van der Waals surface area contributed by atoms with Gasteiger partial charge >= 0.3 is 12.0 Å². The number of aliphatic hydroxyl groups excluding tert-OH is 1. The molecule has 1 unspecified atom stereocenters. The zero-order valence-corrected chi connectivity index (χ0v) is 19.3. The Morgan fingerprint density at radius 2 is 1.56 bits per heavy atom. The zero-order chi connectivity index (χ0) is 23.6. The largest absolute Gasteiger partial charge is 0.383 e. The Kier molecular flexibility index (Phi) is 14.8. The summed E-state index contributed by atoms with van der Waals surface area (Å²) in [5.41, 5.74) is 0. The van der Waals surface area contributed by atoms with Gasteiger partial charge in [-0.15, -0.1) is 0 Å². The summed E-state index contributed by atoms with van der Waals surface area (Å²) in [7, 11) is 0. The van der Waals surface area contributed by atoms with Crippen LogP contribution in [0.3, 0.4) is 0 Å². The third kappa shape index (κ3) is 12.4. The Labute approximate surface area is 190 Å². The predicted molar refractivity (Wildman–Crippen MR) is 120 cm³/mol. The second-order valence-electron chi connectivity index (χ2n) is 8.02. The van der Waals surface area contributed by atoms with Gasteiger partial charge in [-0.3, -0.25) is 9.59 Å². The third-order valence-electron chi connectivity index (χ3n) is 5.09. The molecule has 0 radical (unpaired) electrons. The SMILES string of the molecule is CCCCCNC(=O)NCCCC/C=C\CCCCCCC(=O)ON1C(=O)CC(O)C1=O. The van der Waals surface area contributed by atoms with Crippen LogP contribution in [-0.4, -0.2) is 53.2 Å². The Hall–Kier alpha value is -2.42. The third-order valence-corrected chi connectivity index (χ3v) is 5.09. The van der Waals surface area contributed by atoms with Crippen LogP contribution in [0.25, 0.3) is 0 Å². The van der Waals surface area contributed by atoms with E-state index in [1.807, 2.05) is 0 Å². The Morgan fingerprint density at radius 3 is 2.16 bits per heavy atom. The summed E-state index contributed by atoms with van der Waals surface area (Å²) in [6.07, 6.45) is 13.5. The lowest BCUT2D eigenvalue weighted by molar-refractivity contribution is -0.198. The van der Waals surface area contributed by atoms with Gasteiger partial charge in [-0.25, -0.2) is 9.59 Å². The topological polar surface area (TPSA) is 125 Å². The summed E-state index contributed by atoms with van der Waals surface area (Å²) in [4.78, 5) is 50.9. The Morgan fingerprint density at radius 1 is 0.969 bits per heavy atom. The molecule has 0 aliphatic carbocycles. The van der Waals surface area contributed by atoms with E-state index in [9.17, 15) is 24.3 Å². The predicted octanol–water partition coefficient (Wildman–Crippen LogP) is 3.12.